The van der Waals surface area contributed by atoms with Gasteiger partial charge >= 0.3 is 0 Å². The quantitative estimate of drug-likeness (QED) is 0.145. The highest BCUT2D eigenvalue weighted by Gasteiger charge is 2.48. The molecule has 5 nitrogen and oxygen atoms in total. The molecule has 0 fully saturated rings. The van der Waals surface area contributed by atoms with Crippen LogP contribution >= 0.6 is 0 Å². The Bertz CT molecular complexity index is 3460. The summed E-state index contributed by atoms with van der Waals surface area (Å²) in [4.78, 5) is 10.6. The largest absolute Gasteiger partial charge is 0.493 e. The fourth-order valence-electron chi connectivity index (χ4n) is 11.9. The molecule has 0 radical (unpaired) electrons. The number of ether oxygens (including phenoxy) is 3. The van der Waals surface area contributed by atoms with Crippen LogP contribution in [0.5, 0.6) is 17.2 Å². The van der Waals surface area contributed by atoms with Crippen molar-refractivity contribution >= 4 is 16.8 Å². The SMILES string of the molecule is CCC1(CC)c2ccccc2-c2c1c1c(c3cc(OC)c(OC)cc23)OC(c2cccc(-c3nc(-c4ccccc4)cc(-c4ccccc4)n3)c2)(c2ccc3c(c2)C(C)(C)c2ccccc2-3)C=C1. The Hall–Kier alpha value is -7.76. The molecule has 68 heavy (non-hydrogen) atoms. The van der Waals surface area contributed by atoms with E-state index in [1.807, 2.05) is 12.1 Å². The van der Waals surface area contributed by atoms with Gasteiger partial charge in [0.2, 0.25) is 0 Å². The van der Waals surface area contributed by atoms with E-state index in [1.165, 1.54) is 44.5 Å². The van der Waals surface area contributed by atoms with Gasteiger partial charge in [0.05, 0.1) is 25.6 Å². The standard InChI is InChI=1S/C63H52N2O3/c1-7-62(8-2)51-29-18-16-27-46(51)57-48-36-55(66-5)56(67-6)37-49(48)59-47(58(57)62)32-33-63(68-59,43-30-31-45-44-26-15-17-28-50(44)61(3,4)52(45)35-43)42-25-19-24-41(34-42)60-64-53(39-20-11-9-12-21-39)38-54(65-60)40-22-13-10-14-23-40/h9-38H,7-8H2,1-6H3. The maximum absolute atomic E-state index is 8.04. The molecule has 332 valence electrons. The zero-order valence-electron chi connectivity index (χ0n) is 39.4. The van der Waals surface area contributed by atoms with E-state index in [-0.39, 0.29) is 10.8 Å². The molecule has 0 spiro atoms. The van der Waals surface area contributed by atoms with Gasteiger partial charge in [0.1, 0.15) is 5.75 Å². The number of fused-ring (bicyclic) bond motifs is 11. The molecule has 12 rings (SSSR count). The fraction of sp³-hybridized carbons (Fsp3) is 0.175. The predicted molar refractivity (Wildman–Crippen MR) is 277 cm³/mol. The second kappa shape index (κ2) is 15.7. The number of methoxy groups -OCH3 is 2. The molecule has 1 unspecified atom stereocenters. The summed E-state index contributed by atoms with van der Waals surface area (Å²) < 4.78 is 20.2. The van der Waals surface area contributed by atoms with Crippen molar-refractivity contribution in [3.8, 4) is 73.4 Å². The number of hydrogen-bond donors (Lipinski definition) is 0. The number of rotatable bonds is 9. The Morgan fingerprint density at radius 1 is 0.515 bits per heavy atom. The number of benzene rings is 8. The first-order chi connectivity index (χ1) is 33.2. The van der Waals surface area contributed by atoms with Gasteiger partial charge in [-0.3, -0.25) is 0 Å². The third kappa shape index (κ3) is 6.01. The average Bonchev–Trinajstić information content (AvgIpc) is 3.83. The minimum Gasteiger partial charge on any atom is -0.493 e. The van der Waals surface area contributed by atoms with E-state index in [0.717, 1.165) is 74.1 Å². The lowest BCUT2D eigenvalue weighted by Crippen LogP contribution is -2.35. The molecule has 0 bridgehead atoms. The highest BCUT2D eigenvalue weighted by Crippen LogP contribution is 2.61. The second-order valence-corrected chi connectivity index (χ2v) is 19.0. The molecule has 0 saturated carbocycles. The molecule has 0 amide bonds. The van der Waals surface area contributed by atoms with E-state index < -0.39 is 5.60 Å². The van der Waals surface area contributed by atoms with Crippen LogP contribution in [0.2, 0.25) is 0 Å². The van der Waals surface area contributed by atoms with Gasteiger partial charge in [0.15, 0.2) is 22.9 Å². The van der Waals surface area contributed by atoms with Gasteiger partial charge in [-0.2, -0.15) is 0 Å². The summed E-state index contributed by atoms with van der Waals surface area (Å²) in [5.41, 5.74) is 16.5. The van der Waals surface area contributed by atoms with Crippen LogP contribution in [0.25, 0.3) is 73.0 Å². The van der Waals surface area contributed by atoms with Gasteiger partial charge in [-0.15, -0.1) is 0 Å². The summed E-state index contributed by atoms with van der Waals surface area (Å²) >= 11 is 0. The van der Waals surface area contributed by atoms with Gasteiger partial charge in [-0.05, 0) is 99.1 Å². The van der Waals surface area contributed by atoms with E-state index >= 15 is 0 Å². The van der Waals surface area contributed by atoms with Crippen LogP contribution < -0.4 is 14.2 Å². The van der Waals surface area contributed by atoms with Crippen molar-refractivity contribution in [2.45, 2.75) is 57.0 Å². The van der Waals surface area contributed by atoms with Crippen LogP contribution in [0, 0.1) is 0 Å². The topological polar surface area (TPSA) is 53.5 Å². The van der Waals surface area contributed by atoms with Gasteiger partial charge in [0.25, 0.3) is 0 Å². The number of aromatic nitrogens is 2. The first-order valence-corrected chi connectivity index (χ1v) is 23.8. The van der Waals surface area contributed by atoms with Crippen molar-refractivity contribution < 1.29 is 14.2 Å². The summed E-state index contributed by atoms with van der Waals surface area (Å²) in [5.74, 6) is 2.80. The van der Waals surface area contributed by atoms with Crippen molar-refractivity contribution in [1.82, 2.24) is 9.97 Å². The van der Waals surface area contributed by atoms with Crippen LogP contribution in [0.4, 0.5) is 0 Å². The first-order valence-electron chi connectivity index (χ1n) is 23.8. The molecule has 8 aromatic carbocycles. The maximum Gasteiger partial charge on any atom is 0.178 e. The van der Waals surface area contributed by atoms with Gasteiger partial charge in [-0.1, -0.05) is 173 Å². The molecule has 0 N–H and O–H groups in total. The zero-order chi connectivity index (χ0) is 46.4. The molecular formula is C63H52N2O3. The van der Waals surface area contributed by atoms with Crippen molar-refractivity contribution in [2.24, 2.45) is 0 Å². The van der Waals surface area contributed by atoms with Crippen molar-refractivity contribution in [2.75, 3.05) is 14.2 Å². The molecule has 1 aliphatic heterocycles. The van der Waals surface area contributed by atoms with Crippen LogP contribution in [-0.4, -0.2) is 24.2 Å². The van der Waals surface area contributed by atoms with Crippen molar-refractivity contribution in [1.29, 1.82) is 0 Å². The van der Waals surface area contributed by atoms with E-state index in [2.05, 4.69) is 198 Å². The normalized spacial score (nSPS) is 16.6. The van der Waals surface area contributed by atoms with E-state index in [0.29, 0.717) is 17.3 Å². The first kappa shape index (κ1) is 41.7. The predicted octanol–water partition coefficient (Wildman–Crippen LogP) is 15.4. The Kier molecular flexibility index (Phi) is 9.60. The van der Waals surface area contributed by atoms with E-state index in [9.17, 15) is 0 Å². The smallest absolute Gasteiger partial charge is 0.178 e. The van der Waals surface area contributed by atoms with Crippen molar-refractivity contribution in [3.63, 3.8) is 0 Å². The third-order valence-corrected chi connectivity index (χ3v) is 15.4. The van der Waals surface area contributed by atoms with Gasteiger partial charge in [0, 0.05) is 49.6 Å². The summed E-state index contributed by atoms with van der Waals surface area (Å²) in [5, 5.41) is 2.05. The summed E-state index contributed by atoms with van der Waals surface area (Å²) in [6, 6.07) is 60.5. The van der Waals surface area contributed by atoms with Crippen LogP contribution in [0.3, 0.4) is 0 Å². The number of nitrogens with zero attached hydrogens (tertiary/aromatic N) is 2. The lowest BCUT2D eigenvalue weighted by atomic mass is 9.71. The molecule has 5 heteroatoms. The Morgan fingerprint density at radius 3 is 1.75 bits per heavy atom. The molecule has 0 saturated heterocycles. The van der Waals surface area contributed by atoms with E-state index in [4.69, 9.17) is 24.2 Å². The third-order valence-electron chi connectivity index (χ3n) is 15.4. The van der Waals surface area contributed by atoms with Gasteiger partial charge < -0.3 is 14.2 Å². The Morgan fingerprint density at radius 2 is 1.09 bits per heavy atom. The molecule has 9 aromatic rings. The summed E-state index contributed by atoms with van der Waals surface area (Å²) in [6.07, 6.45) is 6.55. The fourth-order valence-corrected chi connectivity index (χ4v) is 11.9. The Balaban J connectivity index is 1.13. The maximum atomic E-state index is 8.04. The van der Waals surface area contributed by atoms with Gasteiger partial charge in [-0.25, -0.2) is 9.97 Å². The summed E-state index contributed by atoms with van der Waals surface area (Å²) in [6.45, 7) is 9.33. The monoisotopic (exact) mass is 884 g/mol. The molecule has 1 atom stereocenters. The Labute approximate surface area is 398 Å². The second-order valence-electron chi connectivity index (χ2n) is 19.0. The lowest BCUT2D eigenvalue weighted by molar-refractivity contribution is 0.163. The molecule has 2 heterocycles. The average molecular weight is 885 g/mol. The van der Waals surface area contributed by atoms with E-state index in [1.54, 1.807) is 14.2 Å². The molecule has 3 aliphatic rings. The lowest BCUT2D eigenvalue weighted by Gasteiger charge is -2.40. The van der Waals surface area contributed by atoms with Crippen molar-refractivity contribution in [3.05, 3.63) is 215 Å². The molecule has 1 aromatic heterocycles. The van der Waals surface area contributed by atoms with Crippen LogP contribution in [0.15, 0.2) is 176 Å². The minimum absolute atomic E-state index is 0.230. The minimum atomic E-state index is -1.08. The highest BCUT2D eigenvalue weighted by molar-refractivity contribution is 6.09. The summed E-state index contributed by atoms with van der Waals surface area (Å²) in [7, 11) is 3.42. The van der Waals surface area contributed by atoms with Crippen LogP contribution in [0.1, 0.15) is 79.5 Å². The number of hydrogen-bond acceptors (Lipinski definition) is 5. The molecule has 2 aliphatic carbocycles. The van der Waals surface area contributed by atoms with Crippen LogP contribution in [-0.2, 0) is 16.4 Å². The molecular weight excluding hydrogens is 833 g/mol. The highest BCUT2D eigenvalue weighted by atomic mass is 16.5. The zero-order valence-corrected chi connectivity index (χ0v) is 39.4.